The average Bonchev–Trinajstić information content (AvgIpc) is 2.98. The van der Waals surface area contributed by atoms with Crippen LogP contribution in [0.15, 0.2) is 0 Å². The molecule has 3 rings (SSSR count). The largest absolute Gasteiger partial charge is 0.460 e. The molecule has 17 heavy (non-hydrogen) atoms. The summed E-state index contributed by atoms with van der Waals surface area (Å²) in [5.74, 6) is 3.03. The number of ether oxygens (including phenoxy) is 2. The second-order valence-electron chi connectivity index (χ2n) is 6.14. The number of carbonyl (C=O) groups excluding carboxylic acids is 1. The minimum atomic E-state index is 0.0226. The van der Waals surface area contributed by atoms with Crippen LogP contribution in [0.25, 0.3) is 0 Å². The lowest BCUT2D eigenvalue weighted by atomic mass is 9.76. The summed E-state index contributed by atoms with van der Waals surface area (Å²) in [6, 6.07) is 0. The van der Waals surface area contributed by atoms with Gasteiger partial charge in [-0.1, -0.05) is 13.8 Å². The maximum absolute atomic E-state index is 12.2. The molecule has 2 saturated carbocycles. The molecule has 6 atom stereocenters. The minimum Gasteiger partial charge on any atom is -0.460 e. The molecule has 1 saturated heterocycles. The summed E-state index contributed by atoms with van der Waals surface area (Å²) in [7, 11) is 0. The van der Waals surface area contributed by atoms with Gasteiger partial charge in [0.25, 0.3) is 0 Å². The van der Waals surface area contributed by atoms with Crippen LogP contribution in [0.4, 0.5) is 0 Å². The Hall–Kier alpha value is -0.570. The number of fused-ring (bicyclic) bond motifs is 2. The van der Waals surface area contributed by atoms with Crippen molar-refractivity contribution in [1.82, 2.24) is 0 Å². The first kappa shape index (κ1) is 11.5. The highest BCUT2D eigenvalue weighted by Crippen LogP contribution is 2.55. The summed E-state index contributed by atoms with van der Waals surface area (Å²) in [6.45, 7) is 5.97. The molecule has 0 amide bonds. The van der Waals surface area contributed by atoms with Crippen molar-refractivity contribution in [3.05, 3.63) is 0 Å². The van der Waals surface area contributed by atoms with Gasteiger partial charge in [0.05, 0.1) is 19.1 Å². The number of hydrogen-bond donors (Lipinski definition) is 0. The maximum Gasteiger partial charge on any atom is 0.309 e. The van der Waals surface area contributed by atoms with E-state index in [0.29, 0.717) is 18.4 Å². The Morgan fingerprint density at radius 2 is 2.06 bits per heavy atom. The molecule has 0 aromatic carbocycles. The van der Waals surface area contributed by atoms with E-state index in [1.54, 1.807) is 0 Å². The lowest BCUT2D eigenvalue weighted by molar-refractivity contribution is -0.157. The summed E-state index contributed by atoms with van der Waals surface area (Å²) in [5, 5.41) is 0. The third kappa shape index (κ3) is 1.88. The molecule has 2 aliphatic carbocycles. The van der Waals surface area contributed by atoms with Crippen molar-refractivity contribution in [3.63, 3.8) is 0 Å². The highest BCUT2D eigenvalue weighted by molar-refractivity contribution is 5.73. The molecule has 1 aliphatic heterocycles. The van der Waals surface area contributed by atoms with Gasteiger partial charge in [-0.15, -0.1) is 0 Å². The Bertz CT molecular complexity index is 307. The Kier molecular flexibility index (Phi) is 2.89. The first-order valence-corrected chi connectivity index (χ1v) is 6.95. The van der Waals surface area contributed by atoms with Crippen LogP contribution in [0, 0.1) is 29.6 Å². The van der Waals surface area contributed by atoms with Crippen LogP contribution >= 0.6 is 0 Å². The molecule has 3 fully saturated rings. The number of esters is 1. The van der Waals surface area contributed by atoms with Crippen molar-refractivity contribution in [2.75, 3.05) is 13.2 Å². The van der Waals surface area contributed by atoms with E-state index >= 15 is 0 Å². The van der Waals surface area contributed by atoms with E-state index in [9.17, 15) is 4.79 Å². The Morgan fingerprint density at radius 3 is 2.65 bits per heavy atom. The lowest BCUT2D eigenvalue weighted by Crippen LogP contribution is -2.33. The van der Waals surface area contributed by atoms with Crippen LogP contribution in [0.3, 0.4) is 0 Å². The van der Waals surface area contributed by atoms with Gasteiger partial charge in [0.1, 0.15) is 6.10 Å². The van der Waals surface area contributed by atoms with Crippen LogP contribution in [-0.2, 0) is 14.3 Å². The smallest absolute Gasteiger partial charge is 0.309 e. The fraction of sp³-hybridized carbons (Fsp3) is 0.929. The fourth-order valence-corrected chi connectivity index (χ4v) is 4.07. The van der Waals surface area contributed by atoms with Gasteiger partial charge in [0.2, 0.25) is 0 Å². The van der Waals surface area contributed by atoms with E-state index in [1.165, 1.54) is 6.42 Å². The van der Waals surface area contributed by atoms with Crippen LogP contribution in [0.1, 0.15) is 33.1 Å². The van der Waals surface area contributed by atoms with Gasteiger partial charge in [-0.05, 0) is 36.5 Å². The molecule has 3 heteroatoms. The van der Waals surface area contributed by atoms with Gasteiger partial charge in [0.15, 0.2) is 0 Å². The Labute approximate surface area is 103 Å². The zero-order valence-electron chi connectivity index (χ0n) is 10.7. The molecule has 6 unspecified atom stereocenters. The highest BCUT2D eigenvalue weighted by atomic mass is 16.6. The molecule has 0 aromatic rings. The summed E-state index contributed by atoms with van der Waals surface area (Å²) in [6.07, 6.45) is 3.19. The number of carbonyl (C=O) groups is 1. The summed E-state index contributed by atoms with van der Waals surface area (Å²) < 4.78 is 10.8. The predicted octanol–water partition coefficient (Wildman–Crippen LogP) is 2.25. The number of rotatable bonds is 2. The zero-order valence-corrected chi connectivity index (χ0v) is 10.7. The Balaban J connectivity index is 1.60. The Morgan fingerprint density at radius 1 is 1.24 bits per heavy atom. The fourth-order valence-electron chi connectivity index (χ4n) is 4.07. The van der Waals surface area contributed by atoms with Crippen molar-refractivity contribution in [2.24, 2.45) is 29.6 Å². The first-order chi connectivity index (χ1) is 8.16. The molecule has 0 radical (unpaired) electrons. The van der Waals surface area contributed by atoms with Crippen molar-refractivity contribution in [2.45, 2.75) is 39.2 Å². The third-order valence-electron chi connectivity index (χ3n) is 5.37. The van der Waals surface area contributed by atoms with E-state index in [2.05, 4.69) is 13.8 Å². The molecule has 3 nitrogen and oxygen atoms in total. The zero-order chi connectivity index (χ0) is 12.0. The van der Waals surface area contributed by atoms with E-state index in [1.807, 2.05) is 0 Å². The second-order valence-corrected chi connectivity index (χ2v) is 6.14. The molecule has 0 spiro atoms. The minimum absolute atomic E-state index is 0.0226. The molecular weight excluding hydrogens is 216 g/mol. The molecule has 3 aliphatic rings. The van der Waals surface area contributed by atoms with Gasteiger partial charge >= 0.3 is 5.97 Å². The van der Waals surface area contributed by atoms with Gasteiger partial charge < -0.3 is 9.47 Å². The van der Waals surface area contributed by atoms with Crippen LogP contribution < -0.4 is 0 Å². The second kappa shape index (κ2) is 4.27. The maximum atomic E-state index is 12.2. The van der Waals surface area contributed by atoms with Gasteiger partial charge in [-0.3, -0.25) is 4.79 Å². The van der Waals surface area contributed by atoms with Crippen molar-refractivity contribution in [1.29, 1.82) is 0 Å². The van der Waals surface area contributed by atoms with Gasteiger partial charge in [0, 0.05) is 6.42 Å². The van der Waals surface area contributed by atoms with Crippen LogP contribution in [0.2, 0.25) is 0 Å². The standard InChI is InChI=1S/C14H22O3/c1-8-9(2)12-5-10(8)6-13(12)14(15)17-11-3-4-16-7-11/h8-13H,3-7H2,1-2H3. The topological polar surface area (TPSA) is 35.5 Å². The monoisotopic (exact) mass is 238 g/mol. The molecular formula is C14H22O3. The van der Waals surface area contributed by atoms with Crippen molar-refractivity contribution in [3.8, 4) is 0 Å². The molecule has 1 heterocycles. The van der Waals surface area contributed by atoms with Crippen LogP contribution in [0.5, 0.6) is 0 Å². The third-order valence-corrected chi connectivity index (χ3v) is 5.37. The lowest BCUT2D eigenvalue weighted by Gasteiger charge is -2.30. The quantitative estimate of drug-likeness (QED) is 0.692. The van der Waals surface area contributed by atoms with Crippen LogP contribution in [-0.4, -0.2) is 25.3 Å². The summed E-state index contributed by atoms with van der Waals surface area (Å²) >= 11 is 0. The van der Waals surface area contributed by atoms with E-state index < -0.39 is 0 Å². The SMILES string of the molecule is CC1C2CC(C(=O)OC3CCOC3)C(C2)C1C. The molecule has 96 valence electrons. The molecule has 0 N–H and O–H groups in total. The predicted molar refractivity (Wildman–Crippen MR) is 63.3 cm³/mol. The van der Waals surface area contributed by atoms with E-state index in [0.717, 1.165) is 31.3 Å². The normalized spacial score (nSPS) is 48.6. The first-order valence-electron chi connectivity index (χ1n) is 6.95. The van der Waals surface area contributed by atoms with Crippen molar-refractivity contribution >= 4 is 5.97 Å². The molecule has 0 aromatic heterocycles. The molecule has 2 bridgehead atoms. The average molecular weight is 238 g/mol. The summed E-state index contributed by atoms with van der Waals surface area (Å²) in [4.78, 5) is 12.2. The van der Waals surface area contributed by atoms with Gasteiger partial charge in [-0.25, -0.2) is 0 Å². The number of hydrogen-bond acceptors (Lipinski definition) is 3. The van der Waals surface area contributed by atoms with Crippen molar-refractivity contribution < 1.29 is 14.3 Å². The highest BCUT2D eigenvalue weighted by Gasteiger charge is 2.51. The van der Waals surface area contributed by atoms with Gasteiger partial charge in [-0.2, -0.15) is 0 Å². The van der Waals surface area contributed by atoms with E-state index in [-0.39, 0.29) is 18.0 Å². The van der Waals surface area contributed by atoms with E-state index in [4.69, 9.17) is 9.47 Å². The summed E-state index contributed by atoms with van der Waals surface area (Å²) in [5.41, 5.74) is 0.